The fourth-order valence-electron chi connectivity index (χ4n) is 3.45. The highest BCUT2D eigenvalue weighted by Crippen LogP contribution is 2.34. The topological polar surface area (TPSA) is 83.9 Å². The van der Waals surface area contributed by atoms with Gasteiger partial charge in [0, 0.05) is 23.8 Å². The molecule has 7 nitrogen and oxygen atoms in total. The second-order valence-corrected chi connectivity index (χ2v) is 7.08. The Hall–Kier alpha value is -3.32. The summed E-state index contributed by atoms with van der Waals surface area (Å²) in [5.74, 6) is 0.401. The number of methoxy groups -OCH3 is 1. The van der Waals surface area contributed by atoms with Crippen LogP contribution in [0.25, 0.3) is 10.9 Å². The van der Waals surface area contributed by atoms with Gasteiger partial charge in [-0.3, -0.25) is 9.88 Å². The van der Waals surface area contributed by atoms with Crippen molar-refractivity contribution in [3.8, 4) is 11.5 Å². The van der Waals surface area contributed by atoms with E-state index >= 15 is 0 Å². The lowest BCUT2D eigenvalue weighted by Gasteiger charge is -2.22. The average Bonchev–Trinajstić information content (AvgIpc) is 2.78. The number of phenols is 1. The lowest BCUT2D eigenvalue weighted by Crippen LogP contribution is -2.22. The number of hydrogen-bond donors (Lipinski definition) is 2. The number of nitrogens with zero attached hydrogens (tertiary/aromatic N) is 2. The Morgan fingerprint density at radius 1 is 1.13 bits per heavy atom. The number of fused-ring (bicyclic) bond motifs is 1. The summed E-state index contributed by atoms with van der Waals surface area (Å²) in [4.78, 5) is 19.4. The molecule has 0 atom stereocenters. The van der Waals surface area contributed by atoms with Gasteiger partial charge in [-0.1, -0.05) is 13.8 Å². The lowest BCUT2D eigenvalue weighted by atomic mass is 10.1. The summed E-state index contributed by atoms with van der Waals surface area (Å²) < 4.78 is 10.6. The van der Waals surface area contributed by atoms with Gasteiger partial charge in [-0.15, -0.1) is 0 Å². The van der Waals surface area contributed by atoms with E-state index in [-0.39, 0.29) is 12.4 Å². The second-order valence-electron chi connectivity index (χ2n) is 7.08. The molecule has 0 unspecified atom stereocenters. The van der Waals surface area contributed by atoms with Crippen LogP contribution in [0, 0.1) is 0 Å². The maximum absolute atomic E-state index is 12.7. The van der Waals surface area contributed by atoms with Crippen molar-refractivity contribution in [1.82, 2.24) is 9.88 Å². The van der Waals surface area contributed by atoms with E-state index in [1.54, 1.807) is 26.2 Å². The fourth-order valence-corrected chi connectivity index (χ4v) is 3.45. The van der Waals surface area contributed by atoms with Crippen molar-refractivity contribution < 1.29 is 19.4 Å². The third kappa shape index (κ3) is 5.06. The van der Waals surface area contributed by atoms with Crippen molar-refractivity contribution in [3.63, 3.8) is 0 Å². The van der Waals surface area contributed by atoms with E-state index in [9.17, 15) is 9.90 Å². The zero-order chi connectivity index (χ0) is 22.4. The van der Waals surface area contributed by atoms with Gasteiger partial charge < -0.3 is 19.9 Å². The third-order valence-corrected chi connectivity index (χ3v) is 5.21. The summed E-state index contributed by atoms with van der Waals surface area (Å²) in [6.45, 7) is 8.66. The van der Waals surface area contributed by atoms with E-state index in [1.807, 2.05) is 24.3 Å². The summed E-state index contributed by atoms with van der Waals surface area (Å²) in [6, 6.07) is 10.7. The second kappa shape index (κ2) is 10.1. The minimum absolute atomic E-state index is 0.194. The molecule has 0 saturated heterocycles. The van der Waals surface area contributed by atoms with E-state index in [1.165, 1.54) is 6.20 Å². The normalized spacial score (nSPS) is 11.0. The predicted octanol–water partition coefficient (Wildman–Crippen LogP) is 4.71. The molecule has 31 heavy (non-hydrogen) atoms. The Labute approximate surface area is 182 Å². The highest BCUT2D eigenvalue weighted by molar-refractivity contribution is 6.06. The first-order chi connectivity index (χ1) is 15.0. The largest absolute Gasteiger partial charge is 0.508 e. The van der Waals surface area contributed by atoms with Crippen molar-refractivity contribution in [3.05, 3.63) is 53.7 Å². The number of carbonyl (C=O) groups excluding carboxylic acids is 1. The zero-order valence-corrected chi connectivity index (χ0v) is 18.4. The van der Waals surface area contributed by atoms with Crippen LogP contribution in [0.4, 0.5) is 11.4 Å². The van der Waals surface area contributed by atoms with Crippen LogP contribution < -0.4 is 10.1 Å². The Bertz CT molecular complexity index is 1060. The van der Waals surface area contributed by atoms with Crippen LogP contribution in [0.15, 0.2) is 42.6 Å². The highest BCUT2D eigenvalue weighted by Gasteiger charge is 2.19. The number of ether oxygens (including phenoxy) is 2. The number of anilines is 2. The van der Waals surface area contributed by atoms with Crippen LogP contribution in [0.3, 0.4) is 0 Å². The number of nitrogens with one attached hydrogen (secondary N) is 1. The quantitative estimate of drug-likeness (QED) is 0.381. The molecule has 3 rings (SSSR count). The molecular formula is C24H29N3O4. The van der Waals surface area contributed by atoms with E-state index in [0.717, 1.165) is 35.2 Å². The minimum atomic E-state index is -0.453. The molecule has 0 amide bonds. The lowest BCUT2D eigenvalue weighted by molar-refractivity contribution is 0.0527. The van der Waals surface area contributed by atoms with Crippen molar-refractivity contribution in [2.75, 3.05) is 32.1 Å². The number of aromatic hydroxyl groups is 1. The molecule has 0 fully saturated rings. The molecule has 2 N–H and O–H groups in total. The van der Waals surface area contributed by atoms with Crippen LogP contribution >= 0.6 is 0 Å². The molecule has 3 aromatic rings. The Morgan fingerprint density at radius 3 is 2.58 bits per heavy atom. The first-order valence-electron chi connectivity index (χ1n) is 10.5. The summed E-state index contributed by atoms with van der Waals surface area (Å²) in [5.41, 5.74) is 3.37. The van der Waals surface area contributed by atoms with Crippen molar-refractivity contribution in [2.45, 2.75) is 27.3 Å². The molecule has 0 aliphatic heterocycles. The Balaban J connectivity index is 2.15. The molecule has 1 heterocycles. The van der Waals surface area contributed by atoms with Crippen LogP contribution in [0.2, 0.25) is 0 Å². The van der Waals surface area contributed by atoms with Crippen molar-refractivity contribution in [1.29, 1.82) is 0 Å². The first kappa shape index (κ1) is 22.4. The smallest absolute Gasteiger partial charge is 0.341 e. The van der Waals surface area contributed by atoms with Crippen LogP contribution in [0.1, 0.15) is 36.7 Å². The molecule has 0 aliphatic rings. The zero-order valence-electron chi connectivity index (χ0n) is 18.4. The van der Waals surface area contributed by atoms with E-state index in [2.05, 4.69) is 29.0 Å². The molecule has 7 heteroatoms. The SMILES string of the molecule is CCOC(=O)c1cnc2ccc(OC)cc2c1Nc1ccc(O)cc1CN(CC)CC. The maximum Gasteiger partial charge on any atom is 0.341 e. The molecule has 0 spiro atoms. The van der Waals surface area contributed by atoms with E-state index < -0.39 is 5.97 Å². The Morgan fingerprint density at radius 2 is 1.90 bits per heavy atom. The standard InChI is InChI=1S/C24H29N3O4/c1-5-27(6-2)15-16-12-17(28)8-10-21(16)26-23-19-13-18(30-4)9-11-22(19)25-14-20(23)24(29)31-7-3/h8-14,28H,5-7,15H2,1-4H3,(H,25,26). The number of rotatable bonds is 9. The van der Waals surface area contributed by atoms with Crippen LogP contribution in [-0.4, -0.2) is 47.8 Å². The van der Waals surface area contributed by atoms with Gasteiger partial charge in [-0.05, 0) is 62.0 Å². The number of carbonyl (C=O) groups is 1. The number of esters is 1. The van der Waals surface area contributed by atoms with Crippen LogP contribution in [0.5, 0.6) is 11.5 Å². The fraction of sp³-hybridized carbons (Fsp3) is 0.333. The molecule has 0 aliphatic carbocycles. The van der Waals surface area contributed by atoms with Gasteiger partial charge in [0.15, 0.2) is 0 Å². The molecule has 0 bridgehead atoms. The summed E-state index contributed by atoms with van der Waals surface area (Å²) in [6.07, 6.45) is 1.53. The molecule has 0 radical (unpaired) electrons. The summed E-state index contributed by atoms with van der Waals surface area (Å²) in [5, 5.41) is 14.2. The van der Waals surface area contributed by atoms with Gasteiger partial charge in [-0.25, -0.2) is 4.79 Å². The molecule has 164 valence electrons. The number of pyridine rings is 1. The minimum Gasteiger partial charge on any atom is -0.508 e. The van der Waals surface area contributed by atoms with Crippen LogP contribution in [-0.2, 0) is 11.3 Å². The van der Waals surface area contributed by atoms with Crippen molar-refractivity contribution in [2.24, 2.45) is 0 Å². The molecular weight excluding hydrogens is 394 g/mol. The molecule has 0 saturated carbocycles. The van der Waals surface area contributed by atoms with Gasteiger partial charge in [-0.2, -0.15) is 0 Å². The maximum atomic E-state index is 12.7. The van der Waals surface area contributed by atoms with Gasteiger partial charge in [0.25, 0.3) is 0 Å². The van der Waals surface area contributed by atoms with Gasteiger partial charge in [0.1, 0.15) is 17.1 Å². The van der Waals surface area contributed by atoms with Crippen molar-refractivity contribution >= 4 is 28.2 Å². The Kier molecular flexibility index (Phi) is 7.31. The van der Waals surface area contributed by atoms with Gasteiger partial charge >= 0.3 is 5.97 Å². The van der Waals surface area contributed by atoms with E-state index in [4.69, 9.17) is 9.47 Å². The highest BCUT2D eigenvalue weighted by atomic mass is 16.5. The number of aromatic nitrogens is 1. The monoisotopic (exact) mass is 423 g/mol. The summed E-state index contributed by atoms with van der Waals surface area (Å²) >= 11 is 0. The predicted molar refractivity (Wildman–Crippen MR) is 122 cm³/mol. The molecule has 1 aromatic heterocycles. The molecule has 2 aromatic carbocycles. The van der Waals surface area contributed by atoms with Gasteiger partial charge in [0.2, 0.25) is 0 Å². The number of benzene rings is 2. The third-order valence-electron chi connectivity index (χ3n) is 5.21. The van der Waals surface area contributed by atoms with Gasteiger partial charge in [0.05, 0.1) is 24.9 Å². The number of phenolic OH excluding ortho intramolecular Hbond substituents is 1. The van der Waals surface area contributed by atoms with E-state index in [0.29, 0.717) is 23.5 Å². The number of hydrogen-bond acceptors (Lipinski definition) is 7. The summed E-state index contributed by atoms with van der Waals surface area (Å²) in [7, 11) is 1.60. The first-order valence-corrected chi connectivity index (χ1v) is 10.5. The average molecular weight is 424 g/mol.